The summed E-state index contributed by atoms with van der Waals surface area (Å²) >= 11 is 0. The largest absolute Gasteiger partial charge is 0.349 e. The zero-order chi connectivity index (χ0) is 20.4. The molecule has 1 aromatic carbocycles. The Morgan fingerprint density at radius 2 is 1.82 bits per heavy atom. The van der Waals surface area contributed by atoms with Crippen LogP contribution in [0.5, 0.6) is 0 Å². The van der Waals surface area contributed by atoms with Crippen LogP contribution in [0.2, 0.25) is 0 Å². The van der Waals surface area contributed by atoms with E-state index in [1.165, 1.54) is 4.90 Å². The molecule has 2 N–H and O–H groups in total. The molecule has 1 atom stereocenters. The molecule has 28 heavy (non-hydrogen) atoms. The fraction of sp³-hybridized carbons (Fsp3) is 0.591. The number of rotatable bonds is 6. The molecule has 1 aliphatic heterocycles. The van der Waals surface area contributed by atoms with Crippen LogP contribution >= 0.6 is 0 Å². The van der Waals surface area contributed by atoms with E-state index in [-0.39, 0.29) is 42.3 Å². The van der Waals surface area contributed by atoms with E-state index in [1.54, 1.807) is 0 Å². The Balaban J connectivity index is 1.54. The first kappa shape index (κ1) is 20.4. The standard InChI is InChI=1S/C22H31N3O3/c1-21(2,3)18(16-10-5-4-6-11-16)23-17(26)12-9-15-25-19(27)22(24-20(25)28)13-7-8-14-22/h4-6,10-11,18H,7-9,12-15H2,1-3H3,(H,23,26)(H,24,28). The summed E-state index contributed by atoms with van der Waals surface area (Å²) in [6.07, 6.45) is 4.12. The molecule has 0 radical (unpaired) electrons. The van der Waals surface area contributed by atoms with Crippen LogP contribution in [0.1, 0.15) is 70.9 Å². The van der Waals surface area contributed by atoms with Crippen molar-refractivity contribution in [1.82, 2.24) is 15.5 Å². The molecule has 152 valence electrons. The van der Waals surface area contributed by atoms with Crippen LogP contribution in [0.3, 0.4) is 0 Å². The van der Waals surface area contributed by atoms with Gasteiger partial charge in [-0.25, -0.2) is 4.79 Å². The second-order valence-electron chi connectivity index (χ2n) is 9.06. The van der Waals surface area contributed by atoms with Crippen molar-refractivity contribution >= 4 is 17.8 Å². The molecule has 0 bridgehead atoms. The highest BCUT2D eigenvalue weighted by Gasteiger charge is 2.52. The minimum absolute atomic E-state index is 0.0635. The number of hydrogen-bond acceptors (Lipinski definition) is 3. The summed E-state index contributed by atoms with van der Waals surface area (Å²) in [5, 5.41) is 6.00. The molecule has 1 aliphatic carbocycles. The minimum Gasteiger partial charge on any atom is -0.349 e. The van der Waals surface area contributed by atoms with Gasteiger partial charge < -0.3 is 10.6 Å². The number of nitrogens with zero attached hydrogens (tertiary/aromatic N) is 1. The highest BCUT2D eigenvalue weighted by molar-refractivity contribution is 6.07. The van der Waals surface area contributed by atoms with Crippen molar-refractivity contribution in [3.8, 4) is 0 Å². The molecule has 1 saturated heterocycles. The van der Waals surface area contributed by atoms with E-state index in [0.29, 0.717) is 6.42 Å². The maximum absolute atomic E-state index is 12.7. The SMILES string of the molecule is CC(C)(C)C(NC(=O)CCCN1C(=O)NC2(CCCC2)C1=O)c1ccccc1. The molecule has 0 aromatic heterocycles. The number of carbonyl (C=O) groups is 3. The average Bonchev–Trinajstić information content (AvgIpc) is 3.20. The normalized spacial score (nSPS) is 19.8. The smallest absolute Gasteiger partial charge is 0.325 e. The number of carbonyl (C=O) groups excluding carboxylic acids is 3. The summed E-state index contributed by atoms with van der Waals surface area (Å²) in [4.78, 5) is 38.7. The number of benzene rings is 1. The number of imide groups is 1. The van der Waals surface area contributed by atoms with Crippen molar-refractivity contribution in [2.45, 2.75) is 70.9 Å². The summed E-state index contributed by atoms with van der Waals surface area (Å²) in [6.45, 7) is 6.57. The maximum atomic E-state index is 12.7. The third-order valence-electron chi connectivity index (χ3n) is 5.79. The fourth-order valence-electron chi connectivity index (χ4n) is 4.27. The van der Waals surface area contributed by atoms with Gasteiger partial charge in [0, 0.05) is 13.0 Å². The first-order chi connectivity index (χ1) is 13.2. The van der Waals surface area contributed by atoms with Gasteiger partial charge in [-0.3, -0.25) is 14.5 Å². The molecule has 1 saturated carbocycles. The van der Waals surface area contributed by atoms with Gasteiger partial charge >= 0.3 is 6.03 Å². The van der Waals surface area contributed by atoms with Crippen LogP contribution in [0.25, 0.3) is 0 Å². The van der Waals surface area contributed by atoms with Gasteiger partial charge in [0.05, 0.1) is 6.04 Å². The summed E-state index contributed by atoms with van der Waals surface area (Å²) in [6, 6.07) is 9.52. The van der Waals surface area contributed by atoms with Crippen molar-refractivity contribution in [2.75, 3.05) is 6.54 Å². The van der Waals surface area contributed by atoms with Crippen molar-refractivity contribution in [2.24, 2.45) is 5.41 Å². The molecule has 6 nitrogen and oxygen atoms in total. The predicted octanol–water partition coefficient (Wildman–Crippen LogP) is 3.53. The van der Waals surface area contributed by atoms with Crippen LogP contribution in [0, 0.1) is 5.41 Å². The van der Waals surface area contributed by atoms with Gasteiger partial charge in [0.2, 0.25) is 5.91 Å². The van der Waals surface area contributed by atoms with E-state index in [2.05, 4.69) is 31.4 Å². The molecule has 1 aromatic rings. The number of urea groups is 1. The molecule has 1 unspecified atom stereocenters. The number of hydrogen-bond donors (Lipinski definition) is 2. The number of nitrogens with one attached hydrogen (secondary N) is 2. The molecule has 2 fully saturated rings. The lowest BCUT2D eigenvalue weighted by Crippen LogP contribution is -2.44. The van der Waals surface area contributed by atoms with E-state index in [4.69, 9.17) is 0 Å². The quantitative estimate of drug-likeness (QED) is 0.735. The average molecular weight is 386 g/mol. The second kappa shape index (κ2) is 7.94. The first-order valence-electron chi connectivity index (χ1n) is 10.2. The maximum Gasteiger partial charge on any atom is 0.325 e. The van der Waals surface area contributed by atoms with Crippen molar-refractivity contribution in [3.63, 3.8) is 0 Å². The highest BCUT2D eigenvalue weighted by Crippen LogP contribution is 2.35. The van der Waals surface area contributed by atoms with Gasteiger partial charge in [0.1, 0.15) is 5.54 Å². The zero-order valence-electron chi connectivity index (χ0n) is 17.1. The summed E-state index contributed by atoms with van der Waals surface area (Å²) in [7, 11) is 0. The van der Waals surface area contributed by atoms with E-state index in [9.17, 15) is 14.4 Å². The third kappa shape index (κ3) is 4.21. The molecule has 1 heterocycles. The molecule has 1 spiro atoms. The Bertz CT molecular complexity index is 733. The van der Waals surface area contributed by atoms with Gasteiger partial charge in [0.25, 0.3) is 5.91 Å². The predicted molar refractivity (Wildman–Crippen MR) is 107 cm³/mol. The fourth-order valence-corrected chi connectivity index (χ4v) is 4.27. The van der Waals surface area contributed by atoms with Crippen LogP contribution in [-0.2, 0) is 9.59 Å². The van der Waals surface area contributed by atoms with Crippen molar-refractivity contribution < 1.29 is 14.4 Å². The van der Waals surface area contributed by atoms with Crippen LogP contribution in [0.15, 0.2) is 30.3 Å². The lowest BCUT2D eigenvalue weighted by molar-refractivity contribution is -0.131. The Labute approximate surface area is 167 Å². The van der Waals surface area contributed by atoms with E-state index >= 15 is 0 Å². The monoisotopic (exact) mass is 385 g/mol. The molecule has 2 aliphatic rings. The third-order valence-corrected chi connectivity index (χ3v) is 5.79. The topological polar surface area (TPSA) is 78.5 Å². The van der Waals surface area contributed by atoms with Gasteiger partial charge in [-0.1, -0.05) is 63.9 Å². The summed E-state index contributed by atoms with van der Waals surface area (Å²) in [5.41, 5.74) is 0.265. The number of amides is 4. The lowest BCUT2D eigenvalue weighted by Gasteiger charge is -2.32. The zero-order valence-corrected chi connectivity index (χ0v) is 17.1. The Morgan fingerprint density at radius 3 is 2.43 bits per heavy atom. The molecule has 6 heteroatoms. The Hall–Kier alpha value is -2.37. The van der Waals surface area contributed by atoms with Crippen molar-refractivity contribution in [3.05, 3.63) is 35.9 Å². The van der Waals surface area contributed by atoms with Gasteiger partial charge in [-0.2, -0.15) is 0 Å². The van der Waals surface area contributed by atoms with E-state index in [0.717, 1.165) is 31.2 Å². The van der Waals surface area contributed by atoms with E-state index < -0.39 is 5.54 Å². The minimum atomic E-state index is -0.677. The first-order valence-corrected chi connectivity index (χ1v) is 10.2. The summed E-state index contributed by atoms with van der Waals surface area (Å²) in [5.74, 6) is -0.182. The molecule has 4 amide bonds. The molecule has 3 rings (SSSR count). The molecular formula is C22H31N3O3. The van der Waals surface area contributed by atoms with Gasteiger partial charge in [-0.15, -0.1) is 0 Å². The second-order valence-corrected chi connectivity index (χ2v) is 9.06. The lowest BCUT2D eigenvalue weighted by atomic mass is 9.82. The van der Waals surface area contributed by atoms with Crippen LogP contribution < -0.4 is 10.6 Å². The Morgan fingerprint density at radius 1 is 1.18 bits per heavy atom. The summed E-state index contributed by atoms with van der Waals surface area (Å²) < 4.78 is 0. The van der Waals surface area contributed by atoms with E-state index in [1.807, 2.05) is 30.3 Å². The van der Waals surface area contributed by atoms with Crippen molar-refractivity contribution in [1.29, 1.82) is 0 Å². The molecular weight excluding hydrogens is 354 g/mol. The highest BCUT2D eigenvalue weighted by atomic mass is 16.2. The van der Waals surface area contributed by atoms with Crippen LogP contribution in [-0.4, -0.2) is 34.8 Å². The van der Waals surface area contributed by atoms with Gasteiger partial charge in [0.15, 0.2) is 0 Å². The van der Waals surface area contributed by atoms with Gasteiger partial charge in [-0.05, 0) is 30.2 Å². The Kier molecular flexibility index (Phi) is 5.77. The van der Waals surface area contributed by atoms with Crippen LogP contribution in [0.4, 0.5) is 4.79 Å².